The van der Waals surface area contributed by atoms with Crippen LogP contribution < -0.4 is 21.7 Å². The van der Waals surface area contributed by atoms with Gasteiger partial charge in [-0.15, -0.1) is 0 Å². The van der Waals surface area contributed by atoms with Crippen molar-refractivity contribution in [3.63, 3.8) is 0 Å². The fourth-order valence-electron chi connectivity index (χ4n) is 2.42. The maximum atomic E-state index is 12.2. The predicted octanol–water partition coefficient (Wildman–Crippen LogP) is 0.867. The number of carbonyl (C=O) groups excluding carboxylic acids is 2. The molecule has 3 aromatic rings. The lowest BCUT2D eigenvalue weighted by atomic mass is 10.2. The van der Waals surface area contributed by atoms with Crippen LogP contribution in [0.4, 0.5) is 5.82 Å². The number of hydrogen-bond donors (Lipinski definition) is 2. The van der Waals surface area contributed by atoms with E-state index in [9.17, 15) is 19.2 Å². The van der Waals surface area contributed by atoms with E-state index in [1.807, 2.05) is 23.2 Å². The molecule has 0 aliphatic heterocycles. The molecule has 3 rings (SSSR count). The molecule has 2 aromatic heterocycles. The van der Waals surface area contributed by atoms with Gasteiger partial charge in [-0.05, 0) is 24.3 Å². The lowest BCUT2D eigenvalue weighted by Gasteiger charge is -2.07. The van der Waals surface area contributed by atoms with E-state index in [2.05, 4.69) is 0 Å². The Kier molecular flexibility index (Phi) is 5.63. The van der Waals surface area contributed by atoms with Gasteiger partial charge in [0.15, 0.2) is 6.61 Å². The van der Waals surface area contributed by atoms with Crippen LogP contribution in [0.5, 0.6) is 5.75 Å². The predicted molar refractivity (Wildman–Crippen MR) is 101 cm³/mol. The number of ether oxygens (including phenoxy) is 2. The van der Waals surface area contributed by atoms with E-state index in [0.29, 0.717) is 11.5 Å². The first-order valence-electron chi connectivity index (χ1n) is 8.42. The van der Waals surface area contributed by atoms with Crippen LogP contribution in [0.3, 0.4) is 0 Å². The second kappa shape index (κ2) is 8.30. The van der Waals surface area contributed by atoms with E-state index in [1.54, 1.807) is 12.1 Å². The molecule has 0 amide bonds. The summed E-state index contributed by atoms with van der Waals surface area (Å²) in [7, 11) is 1.29. The third kappa shape index (κ3) is 4.43. The Morgan fingerprint density at radius 2 is 1.86 bits per heavy atom. The summed E-state index contributed by atoms with van der Waals surface area (Å²) >= 11 is 0. The molecule has 0 spiro atoms. The minimum Gasteiger partial charge on any atom is -0.486 e. The number of rotatable bonds is 7. The quantitative estimate of drug-likeness (QED) is 0.439. The number of aromatic amines is 1. The van der Waals surface area contributed by atoms with E-state index >= 15 is 0 Å². The number of furan rings is 1. The van der Waals surface area contributed by atoms with Gasteiger partial charge in [-0.3, -0.25) is 19.1 Å². The number of nitrogens with two attached hydrogens (primary N) is 1. The lowest BCUT2D eigenvalue weighted by Crippen LogP contribution is -2.35. The van der Waals surface area contributed by atoms with Crippen molar-refractivity contribution in [3.05, 3.63) is 80.4 Å². The van der Waals surface area contributed by atoms with Crippen LogP contribution in [-0.2, 0) is 18.4 Å². The summed E-state index contributed by atoms with van der Waals surface area (Å²) in [4.78, 5) is 49.5. The highest BCUT2D eigenvalue weighted by atomic mass is 16.5. The summed E-state index contributed by atoms with van der Waals surface area (Å²) in [5.41, 5.74) is 3.46. The van der Waals surface area contributed by atoms with Crippen molar-refractivity contribution in [2.75, 3.05) is 12.3 Å². The molecule has 10 nitrogen and oxygen atoms in total. The molecule has 29 heavy (non-hydrogen) atoms. The number of nitrogen functional groups attached to an aromatic ring is 1. The molecule has 0 saturated heterocycles. The van der Waals surface area contributed by atoms with Crippen LogP contribution in [0.1, 0.15) is 26.7 Å². The van der Waals surface area contributed by atoms with E-state index in [1.165, 1.54) is 19.2 Å². The van der Waals surface area contributed by atoms with Crippen LogP contribution in [0.25, 0.3) is 0 Å². The molecule has 0 aliphatic rings. The number of H-pyrrole nitrogens is 1. The van der Waals surface area contributed by atoms with E-state index < -0.39 is 35.2 Å². The molecular formula is C19H17N3O7. The van der Waals surface area contributed by atoms with Crippen LogP contribution in [-0.4, -0.2) is 27.9 Å². The number of nitrogens with zero attached hydrogens (tertiary/aromatic N) is 1. The van der Waals surface area contributed by atoms with Gasteiger partial charge in [0.2, 0.25) is 11.5 Å². The number of carbonyl (C=O) groups is 2. The third-order valence-corrected chi connectivity index (χ3v) is 3.97. The average molecular weight is 399 g/mol. The van der Waals surface area contributed by atoms with Gasteiger partial charge < -0.3 is 19.6 Å². The Morgan fingerprint density at radius 3 is 2.59 bits per heavy atom. The van der Waals surface area contributed by atoms with Gasteiger partial charge in [0.1, 0.15) is 29.5 Å². The summed E-state index contributed by atoms with van der Waals surface area (Å²) in [5, 5.41) is 0. The zero-order valence-corrected chi connectivity index (χ0v) is 15.3. The molecule has 2 heterocycles. The highest BCUT2D eigenvalue weighted by Gasteiger charge is 2.21. The number of ketones is 1. The third-order valence-electron chi connectivity index (χ3n) is 3.97. The molecule has 1 aromatic carbocycles. The average Bonchev–Trinajstić information content (AvgIpc) is 3.19. The number of para-hydroxylation sites is 1. The van der Waals surface area contributed by atoms with Gasteiger partial charge in [-0.1, -0.05) is 18.2 Å². The van der Waals surface area contributed by atoms with E-state index in [-0.39, 0.29) is 18.2 Å². The van der Waals surface area contributed by atoms with Gasteiger partial charge in [0.05, 0.1) is 0 Å². The number of anilines is 1. The zero-order valence-electron chi connectivity index (χ0n) is 15.3. The number of benzene rings is 1. The molecule has 0 atom stereocenters. The molecular weight excluding hydrogens is 382 g/mol. The normalized spacial score (nSPS) is 10.5. The van der Waals surface area contributed by atoms with Crippen LogP contribution in [0.15, 0.2) is 56.5 Å². The second-order valence-electron chi connectivity index (χ2n) is 5.95. The molecule has 0 bridgehead atoms. The minimum atomic E-state index is -0.954. The van der Waals surface area contributed by atoms with Crippen molar-refractivity contribution in [2.45, 2.75) is 6.61 Å². The first-order chi connectivity index (χ1) is 13.9. The summed E-state index contributed by atoms with van der Waals surface area (Å²) in [6.45, 7) is -0.652. The number of hydrogen-bond acceptors (Lipinski definition) is 8. The van der Waals surface area contributed by atoms with Gasteiger partial charge in [0.25, 0.3) is 5.56 Å². The minimum absolute atomic E-state index is 0.0974. The van der Waals surface area contributed by atoms with Crippen molar-refractivity contribution in [3.8, 4) is 5.75 Å². The maximum absolute atomic E-state index is 12.2. The van der Waals surface area contributed by atoms with E-state index in [0.717, 1.165) is 4.57 Å². The number of aromatic nitrogens is 2. The fourth-order valence-corrected chi connectivity index (χ4v) is 2.42. The highest BCUT2D eigenvalue weighted by Crippen LogP contribution is 2.14. The molecule has 3 N–H and O–H groups in total. The summed E-state index contributed by atoms with van der Waals surface area (Å²) in [6, 6.07) is 12.0. The van der Waals surface area contributed by atoms with Crippen molar-refractivity contribution < 1.29 is 23.5 Å². The largest absolute Gasteiger partial charge is 0.486 e. The number of esters is 1. The summed E-state index contributed by atoms with van der Waals surface area (Å²) < 4.78 is 16.6. The first kappa shape index (κ1) is 19.7. The van der Waals surface area contributed by atoms with Crippen molar-refractivity contribution in [1.29, 1.82) is 0 Å². The molecule has 0 radical (unpaired) electrons. The molecule has 0 aliphatic carbocycles. The van der Waals surface area contributed by atoms with Gasteiger partial charge in [0, 0.05) is 7.05 Å². The van der Waals surface area contributed by atoms with Gasteiger partial charge in [-0.25, -0.2) is 9.59 Å². The summed E-state index contributed by atoms with van der Waals surface area (Å²) in [6.07, 6.45) is 0. The van der Waals surface area contributed by atoms with Gasteiger partial charge in [-0.2, -0.15) is 0 Å². The maximum Gasteiger partial charge on any atom is 0.374 e. The molecule has 10 heteroatoms. The SMILES string of the molecule is Cn1c(N)c(C(=O)COC(=O)c2ccc(COc3ccccc3)o2)c(=O)[nH]c1=O. The smallest absolute Gasteiger partial charge is 0.374 e. The molecule has 0 unspecified atom stereocenters. The number of Topliss-reactive ketones (excluding diaryl/α,β-unsaturated/α-hetero) is 1. The second-order valence-corrected chi connectivity index (χ2v) is 5.95. The van der Waals surface area contributed by atoms with Crippen molar-refractivity contribution in [1.82, 2.24) is 9.55 Å². The summed E-state index contributed by atoms with van der Waals surface area (Å²) in [5.74, 6) is -1.19. The lowest BCUT2D eigenvalue weighted by molar-refractivity contribution is 0.0440. The Bertz CT molecular complexity index is 1160. The van der Waals surface area contributed by atoms with E-state index in [4.69, 9.17) is 19.6 Å². The monoisotopic (exact) mass is 399 g/mol. The standard InChI is InChI=1S/C19H17N3O7/c1-22-16(20)15(17(24)21-19(22)26)13(23)10-28-18(25)14-8-7-12(29-14)9-27-11-5-3-2-4-6-11/h2-8H,9-10,20H2,1H3,(H,21,24,26). The number of nitrogens with one attached hydrogen (secondary N) is 1. The Balaban J connectivity index is 1.61. The zero-order chi connectivity index (χ0) is 21.0. The fraction of sp³-hybridized carbons (Fsp3) is 0.158. The molecule has 0 fully saturated rings. The Labute approximate surface area is 163 Å². The first-order valence-corrected chi connectivity index (χ1v) is 8.42. The van der Waals surface area contributed by atoms with Crippen molar-refractivity contribution >= 4 is 17.6 Å². The van der Waals surface area contributed by atoms with Crippen LogP contribution >= 0.6 is 0 Å². The molecule has 150 valence electrons. The van der Waals surface area contributed by atoms with Crippen LogP contribution in [0, 0.1) is 0 Å². The highest BCUT2D eigenvalue weighted by molar-refractivity contribution is 6.01. The van der Waals surface area contributed by atoms with Gasteiger partial charge >= 0.3 is 11.7 Å². The van der Waals surface area contributed by atoms with Crippen LogP contribution in [0.2, 0.25) is 0 Å². The Hall–Kier alpha value is -4.08. The van der Waals surface area contributed by atoms with Crippen molar-refractivity contribution in [2.24, 2.45) is 7.05 Å². The molecule has 0 saturated carbocycles. The Morgan fingerprint density at radius 1 is 1.14 bits per heavy atom. The topological polar surface area (TPSA) is 147 Å².